The summed E-state index contributed by atoms with van der Waals surface area (Å²) in [5.74, 6) is 0. The number of rotatable bonds is 12. The van der Waals surface area contributed by atoms with Crippen molar-refractivity contribution >= 4 is 18.5 Å². The molecule has 0 unspecified atom stereocenters. The number of hydrogen-bond acceptors (Lipinski definition) is 7. The van der Waals surface area contributed by atoms with Crippen LogP contribution in [0, 0.1) is 10.8 Å². The van der Waals surface area contributed by atoms with Crippen molar-refractivity contribution in [2.45, 2.75) is 118 Å². The lowest BCUT2D eigenvalue weighted by Gasteiger charge is -2.19. The Bertz CT molecular complexity index is 662. The molecule has 218 valence electrons. The van der Waals surface area contributed by atoms with Crippen LogP contribution in [0.15, 0.2) is 0 Å². The van der Waals surface area contributed by atoms with Gasteiger partial charge in [-0.2, -0.15) is 0 Å². The fourth-order valence-electron chi connectivity index (χ4n) is 3.15. The summed E-state index contributed by atoms with van der Waals surface area (Å²) in [5, 5.41) is 8.57. The van der Waals surface area contributed by atoms with Crippen molar-refractivity contribution in [3.8, 4) is 0 Å². The summed E-state index contributed by atoms with van der Waals surface area (Å²) in [5.41, 5.74) is 5.54. The summed E-state index contributed by atoms with van der Waals surface area (Å²) in [6.07, 6.45) is 10.1. The highest BCUT2D eigenvalue weighted by Gasteiger charge is 2.36. The standard InChI is InChI=1S/C14H28N2O2.C7H16N2O2.C7H12O/c1-13(2,3)18-12(17)16-11-10-15-9-5-6-14(4)7-8-14;1-7(2,3)11-6(10)9-5-4-8;1-7(4-5-7)3-2-6-8/h15H,5-11H2,1-4H3,(H,16,17);4-5,8H2,1-3H3,(H,9,10);6H,2-5H2,1H3. The van der Waals surface area contributed by atoms with Crippen molar-refractivity contribution in [3.63, 3.8) is 0 Å². The number of nitrogens with two attached hydrogens (primary N) is 1. The van der Waals surface area contributed by atoms with Crippen LogP contribution >= 0.6 is 0 Å². The van der Waals surface area contributed by atoms with E-state index in [1.54, 1.807) is 0 Å². The molecule has 0 spiro atoms. The number of amides is 2. The van der Waals surface area contributed by atoms with Gasteiger partial charge in [-0.1, -0.05) is 13.8 Å². The number of carbonyl (C=O) groups excluding carboxylic acids is 3. The first-order chi connectivity index (χ1) is 17.0. The summed E-state index contributed by atoms with van der Waals surface area (Å²) in [6, 6.07) is 0. The van der Waals surface area contributed by atoms with Gasteiger partial charge in [-0.05, 0) is 104 Å². The van der Waals surface area contributed by atoms with Gasteiger partial charge in [0.15, 0.2) is 0 Å². The predicted molar refractivity (Wildman–Crippen MR) is 150 cm³/mol. The molecule has 2 rings (SSSR count). The SMILES string of the molecule is CC(C)(C)OC(=O)NCCN.CC1(CCC=O)CC1.CC1(CCCNCCNC(=O)OC(C)(C)C)CC1. The van der Waals surface area contributed by atoms with Gasteiger partial charge in [0, 0.05) is 32.6 Å². The lowest BCUT2D eigenvalue weighted by Crippen LogP contribution is -2.36. The van der Waals surface area contributed by atoms with E-state index in [2.05, 4.69) is 29.8 Å². The molecular weight excluding hydrogens is 472 g/mol. The van der Waals surface area contributed by atoms with E-state index in [0.29, 0.717) is 30.5 Å². The summed E-state index contributed by atoms with van der Waals surface area (Å²) in [7, 11) is 0. The summed E-state index contributed by atoms with van der Waals surface area (Å²) in [4.78, 5) is 32.0. The van der Waals surface area contributed by atoms with Gasteiger partial charge in [0.05, 0.1) is 0 Å². The Morgan fingerprint density at radius 2 is 1.24 bits per heavy atom. The van der Waals surface area contributed by atoms with Crippen LogP contribution in [0.1, 0.15) is 107 Å². The van der Waals surface area contributed by atoms with Crippen LogP contribution in [0.2, 0.25) is 0 Å². The van der Waals surface area contributed by atoms with Crippen LogP contribution in [0.25, 0.3) is 0 Å². The zero-order valence-electron chi connectivity index (χ0n) is 24.9. The highest BCUT2D eigenvalue weighted by Crippen LogP contribution is 2.49. The van der Waals surface area contributed by atoms with Crippen molar-refractivity contribution in [1.82, 2.24) is 16.0 Å². The van der Waals surface area contributed by atoms with Crippen LogP contribution in [0.4, 0.5) is 9.59 Å². The van der Waals surface area contributed by atoms with E-state index in [1.165, 1.54) is 38.5 Å². The number of ether oxygens (including phenoxy) is 2. The fourth-order valence-corrected chi connectivity index (χ4v) is 3.15. The number of aldehydes is 1. The second kappa shape index (κ2) is 16.9. The maximum absolute atomic E-state index is 11.3. The third-order valence-corrected chi connectivity index (χ3v) is 5.99. The molecule has 0 aromatic rings. The number of hydrogen-bond donors (Lipinski definition) is 4. The second-order valence-corrected chi connectivity index (χ2v) is 12.8. The van der Waals surface area contributed by atoms with Gasteiger partial charge in [0.1, 0.15) is 17.5 Å². The van der Waals surface area contributed by atoms with E-state index in [1.807, 2.05) is 41.5 Å². The minimum Gasteiger partial charge on any atom is -0.444 e. The monoisotopic (exact) mass is 528 g/mol. The Balaban J connectivity index is 0.000000579. The van der Waals surface area contributed by atoms with Gasteiger partial charge < -0.3 is 36.0 Å². The van der Waals surface area contributed by atoms with Gasteiger partial charge >= 0.3 is 12.2 Å². The molecule has 5 N–H and O–H groups in total. The molecule has 0 atom stereocenters. The van der Waals surface area contributed by atoms with Crippen LogP contribution in [-0.2, 0) is 14.3 Å². The summed E-state index contributed by atoms with van der Waals surface area (Å²) >= 11 is 0. The Hall–Kier alpha value is -1.87. The first-order valence-electron chi connectivity index (χ1n) is 13.8. The maximum Gasteiger partial charge on any atom is 0.407 e. The van der Waals surface area contributed by atoms with Crippen LogP contribution in [0.3, 0.4) is 0 Å². The van der Waals surface area contributed by atoms with E-state index in [4.69, 9.17) is 15.2 Å². The van der Waals surface area contributed by atoms with Crippen molar-refractivity contribution in [3.05, 3.63) is 0 Å². The van der Waals surface area contributed by atoms with E-state index in [-0.39, 0.29) is 6.09 Å². The minimum atomic E-state index is -0.432. The van der Waals surface area contributed by atoms with Gasteiger partial charge in [-0.25, -0.2) is 9.59 Å². The van der Waals surface area contributed by atoms with Gasteiger partial charge in [0.25, 0.3) is 0 Å². The topological polar surface area (TPSA) is 132 Å². The summed E-state index contributed by atoms with van der Waals surface area (Å²) in [6.45, 7) is 19.0. The van der Waals surface area contributed by atoms with Crippen molar-refractivity contribution in [1.29, 1.82) is 0 Å². The highest BCUT2D eigenvalue weighted by molar-refractivity contribution is 5.67. The Morgan fingerprint density at radius 3 is 1.65 bits per heavy atom. The first-order valence-corrected chi connectivity index (χ1v) is 13.8. The third kappa shape index (κ3) is 24.2. The molecular formula is C28H56N4O5. The number of nitrogens with one attached hydrogen (secondary N) is 3. The average molecular weight is 529 g/mol. The average Bonchev–Trinajstić information content (AvgIpc) is 3.68. The largest absolute Gasteiger partial charge is 0.444 e. The predicted octanol–water partition coefficient (Wildman–Crippen LogP) is 4.92. The number of alkyl carbamates (subject to hydrolysis) is 2. The van der Waals surface area contributed by atoms with Crippen molar-refractivity contribution < 1.29 is 23.9 Å². The molecule has 0 aromatic carbocycles. The molecule has 2 saturated carbocycles. The van der Waals surface area contributed by atoms with E-state index < -0.39 is 17.3 Å². The molecule has 0 aromatic heterocycles. The molecule has 37 heavy (non-hydrogen) atoms. The highest BCUT2D eigenvalue weighted by atomic mass is 16.6. The Labute approximate surface area is 225 Å². The molecule has 0 bridgehead atoms. The maximum atomic E-state index is 11.3. The molecule has 2 aliphatic rings. The molecule has 0 radical (unpaired) electrons. The van der Waals surface area contributed by atoms with E-state index in [0.717, 1.165) is 32.2 Å². The minimum absolute atomic E-state index is 0.338. The first kappa shape index (κ1) is 35.1. The third-order valence-electron chi connectivity index (χ3n) is 5.99. The second-order valence-electron chi connectivity index (χ2n) is 12.8. The fraction of sp³-hybridized carbons (Fsp3) is 0.893. The lowest BCUT2D eigenvalue weighted by atomic mass is 10.0. The quantitative estimate of drug-likeness (QED) is 0.209. The van der Waals surface area contributed by atoms with E-state index >= 15 is 0 Å². The lowest BCUT2D eigenvalue weighted by molar-refractivity contribution is -0.108. The molecule has 2 fully saturated rings. The Kier molecular flexibility index (Phi) is 16.0. The molecule has 0 saturated heterocycles. The molecule has 9 nitrogen and oxygen atoms in total. The molecule has 0 heterocycles. The van der Waals surface area contributed by atoms with Gasteiger partial charge in [-0.15, -0.1) is 0 Å². The molecule has 0 aliphatic heterocycles. The van der Waals surface area contributed by atoms with Crippen LogP contribution in [-0.4, -0.2) is 62.4 Å². The zero-order valence-corrected chi connectivity index (χ0v) is 24.9. The van der Waals surface area contributed by atoms with Crippen LogP contribution < -0.4 is 21.7 Å². The molecule has 2 amide bonds. The van der Waals surface area contributed by atoms with Gasteiger partial charge in [0.2, 0.25) is 0 Å². The summed E-state index contributed by atoms with van der Waals surface area (Å²) < 4.78 is 10.1. The zero-order chi connectivity index (χ0) is 28.6. The number of carbonyl (C=O) groups is 3. The van der Waals surface area contributed by atoms with Gasteiger partial charge in [-0.3, -0.25) is 0 Å². The van der Waals surface area contributed by atoms with Crippen molar-refractivity contribution in [2.75, 3.05) is 32.7 Å². The smallest absolute Gasteiger partial charge is 0.407 e. The van der Waals surface area contributed by atoms with E-state index in [9.17, 15) is 14.4 Å². The van der Waals surface area contributed by atoms with Crippen LogP contribution in [0.5, 0.6) is 0 Å². The molecule has 2 aliphatic carbocycles. The Morgan fingerprint density at radius 1 is 0.784 bits per heavy atom. The normalized spacial score (nSPS) is 16.6. The molecule has 9 heteroatoms. The van der Waals surface area contributed by atoms with Crippen molar-refractivity contribution in [2.24, 2.45) is 16.6 Å².